The molecule has 0 spiro atoms. The molecule has 74 valence electrons. The fraction of sp³-hybridized carbons (Fsp3) is 0. The smallest absolute Gasteiger partial charge is 0.445 e. The number of fused-ring (bicyclic) bond motifs is 1. The second-order valence-corrected chi connectivity index (χ2v) is 2.91. The average Bonchev–Trinajstić information content (AvgIpc) is 2.50. The Hall–Kier alpha value is -1.53. The third-order valence-corrected chi connectivity index (χ3v) is 1.91. The molecular formula is C7H4BF4N2-. The van der Waals surface area contributed by atoms with E-state index in [1.165, 1.54) is 0 Å². The number of H-pyrrole nitrogens is 1. The van der Waals surface area contributed by atoms with Crippen molar-refractivity contribution in [1.29, 1.82) is 0 Å². The summed E-state index contributed by atoms with van der Waals surface area (Å²) in [6.45, 7) is -5.17. The maximum Gasteiger partial charge on any atom is 0.509 e. The Kier molecular flexibility index (Phi) is 1.76. The van der Waals surface area contributed by atoms with Gasteiger partial charge in [-0.25, -0.2) is 4.39 Å². The molecule has 2 rings (SSSR count). The highest BCUT2D eigenvalue weighted by Gasteiger charge is 2.26. The molecule has 7 heteroatoms. The minimum atomic E-state index is -5.17. The zero-order chi connectivity index (χ0) is 10.3. The SMILES string of the molecule is Fc1cc([B-](F)(F)F)cc2[nH]ncc12. The van der Waals surface area contributed by atoms with E-state index in [1.807, 2.05) is 0 Å². The Morgan fingerprint density at radius 2 is 1.93 bits per heavy atom. The number of hydrogen-bond acceptors (Lipinski definition) is 1. The highest BCUT2D eigenvalue weighted by molar-refractivity contribution is 6.73. The minimum Gasteiger partial charge on any atom is -0.445 e. The molecule has 1 aromatic carbocycles. The number of hydrogen-bond donors (Lipinski definition) is 1. The monoisotopic (exact) mass is 203 g/mol. The van der Waals surface area contributed by atoms with Crippen LogP contribution in [0.3, 0.4) is 0 Å². The molecule has 1 N–H and O–H groups in total. The number of nitrogens with one attached hydrogen (secondary N) is 1. The number of aromatic amines is 1. The van der Waals surface area contributed by atoms with Crippen molar-refractivity contribution in [2.75, 3.05) is 0 Å². The molecule has 0 aliphatic heterocycles. The van der Waals surface area contributed by atoms with Crippen LogP contribution in [0.25, 0.3) is 10.9 Å². The van der Waals surface area contributed by atoms with Crippen molar-refractivity contribution in [2.45, 2.75) is 0 Å². The summed E-state index contributed by atoms with van der Waals surface area (Å²) in [7, 11) is 0. The summed E-state index contributed by atoms with van der Waals surface area (Å²) in [6, 6.07) is 1.34. The molecule has 0 amide bonds. The Balaban J connectivity index is 2.70. The summed E-state index contributed by atoms with van der Waals surface area (Å²) in [5.74, 6) is -0.912. The van der Waals surface area contributed by atoms with Gasteiger partial charge in [0.1, 0.15) is 5.82 Å². The number of benzene rings is 1. The van der Waals surface area contributed by atoms with Gasteiger partial charge in [0.15, 0.2) is 0 Å². The highest BCUT2D eigenvalue weighted by Crippen LogP contribution is 2.17. The van der Waals surface area contributed by atoms with E-state index in [0.29, 0.717) is 6.07 Å². The van der Waals surface area contributed by atoms with Crippen LogP contribution in [0.5, 0.6) is 0 Å². The van der Waals surface area contributed by atoms with E-state index in [0.717, 1.165) is 12.3 Å². The van der Waals surface area contributed by atoms with Crippen LogP contribution in [0, 0.1) is 5.82 Å². The molecule has 0 radical (unpaired) electrons. The van der Waals surface area contributed by atoms with Gasteiger partial charge < -0.3 is 12.9 Å². The third-order valence-electron chi connectivity index (χ3n) is 1.91. The summed E-state index contributed by atoms with van der Waals surface area (Å²) in [6.07, 6.45) is 1.15. The molecule has 2 aromatic rings. The molecule has 0 bridgehead atoms. The van der Waals surface area contributed by atoms with Gasteiger partial charge in [0.25, 0.3) is 0 Å². The molecule has 0 aliphatic rings. The third kappa shape index (κ3) is 1.34. The standard InChI is InChI=1S/C7H4BF4N2/c9-6-1-4(8(10,11)12)2-7-5(6)3-13-14-7/h1-3H,(H,13,14)/q-1. The normalized spacial score (nSPS) is 12.3. The van der Waals surface area contributed by atoms with Gasteiger partial charge in [-0.2, -0.15) is 5.10 Å². The van der Waals surface area contributed by atoms with E-state index in [1.54, 1.807) is 0 Å². The van der Waals surface area contributed by atoms with E-state index >= 15 is 0 Å². The zero-order valence-electron chi connectivity index (χ0n) is 6.77. The van der Waals surface area contributed by atoms with Gasteiger partial charge in [-0.15, -0.1) is 5.46 Å². The van der Waals surface area contributed by atoms with Crippen LogP contribution in [-0.2, 0) is 0 Å². The number of rotatable bonds is 1. The van der Waals surface area contributed by atoms with Crippen molar-refractivity contribution in [1.82, 2.24) is 10.2 Å². The number of halogens is 4. The predicted molar refractivity (Wildman–Crippen MR) is 44.8 cm³/mol. The lowest BCUT2D eigenvalue weighted by molar-refractivity contribution is 0.500. The topological polar surface area (TPSA) is 28.7 Å². The Morgan fingerprint density at radius 1 is 1.21 bits per heavy atom. The second-order valence-electron chi connectivity index (χ2n) is 2.91. The Labute approximate surface area is 76.0 Å². The first-order valence-electron chi connectivity index (χ1n) is 3.81. The van der Waals surface area contributed by atoms with Gasteiger partial charge in [-0.1, -0.05) is 12.1 Å². The van der Waals surface area contributed by atoms with E-state index < -0.39 is 18.3 Å². The van der Waals surface area contributed by atoms with Crippen molar-refractivity contribution in [3.05, 3.63) is 24.1 Å². The molecule has 0 unspecified atom stereocenters. The van der Waals surface area contributed by atoms with Gasteiger partial charge >= 0.3 is 6.98 Å². The van der Waals surface area contributed by atoms with Crippen molar-refractivity contribution in [3.8, 4) is 0 Å². The summed E-state index contributed by atoms with van der Waals surface area (Å²) < 4.78 is 49.9. The predicted octanol–water partition coefficient (Wildman–Crippen LogP) is 1.76. The van der Waals surface area contributed by atoms with Crippen LogP contribution in [-0.4, -0.2) is 17.2 Å². The zero-order valence-corrected chi connectivity index (χ0v) is 6.77. The summed E-state index contributed by atoms with van der Waals surface area (Å²) in [4.78, 5) is 0. The highest BCUT2D eigenvalue weighted by atomic mass is 19.4. The average molecular weight is 203 g/mol. The Bertz CT molecular complexity index is 476. The van der Waals surface area contributed by atoms with E-state index in [9.17, 15) is 17.3 Å². The summed E-state index contributed by atoms with van der Waals surface area (Å²) >= 11 is 0. The first kappa shape index (κ1) is 9.05. The number of nitrogens with zero attached hydrogens (tertiary/aromatic N) is 1. The van der Waals surface area contributed by atoms with Crippen molar-refractivity contribution >= 4 is 23.3 Å². The molecular weight excluding hydrogens is 199 g/mol. The molecule has 0 aliphatic carbocycles. The van der Waals surface area contributed by atoms with Gasteiger partial charge in [0.05, 0.1) is 17.1 Å². The lowest BCUT2D eigenvalue weighted by Crippen LogP contribution is -2.34. The Morgan fingerprint density at radius 3 is 2.57 bits per heavy atom. The molecule has 1 aromatic heterocycles. The van der Waals surface area contributed by atoms with E-state index in [4.69, 9.17) is 0 Å². The quantitative estimate of drug-likeness (QED) is 0.555. The molecule has 0 fully saturated rings. The van der Waals surface area contributed by atoms with Crippen LogP contribution in [0.15, 0.2) is 18.3 Å². The first-order valence-corrected chi connectivity index (χ1v) is 3.81. The van der Waals surface area contributed by atoms with Crippen LogP contribution in [0.2, 0.25) is 0 Å². The fourth-order valence-electron chi connectivity index (χ4n) is 1.22. The maximum atomic E-state index is 13.1. The van der Waals surface area contributed by atoms with Gasteiger partial charge in [0, 0.05) is 0 Å². The lowest BCUT2D eigenvalue weighted by atomic mass is 9.80. The largest absolute Gasteiger partial charge is 0.509 e. The second kappa shape index (κ2) is 2.73. The van der Waals surface area contributed by atoms with Crippen LogP contribution in [0.4, 0.5) is 17.3 Å². The fourth-order valence-corrected chi connectivity index (χ4v) is 1.22. The van der Waals surface area contributed by atoms with Crippen molar-refractivity contribution in [2.24, 2.45) is 0 Å². The van der Waals surface area contributed by atoms with E-state index in [2.05, 4.69) is 10.2 Å². The van der Waals surface area contributed by atoms with Crippen LogP contribution >= 0.6 is 0 Å². The summed E-state index contributed by atoms with van der Waals surface area (Å²) in [5.41, 5.74) is -0.904. The van der Waals surface area contributed by atoms with Gasteiger partial charge in [-0.3, -0.25) is 5.10 Å². The molecule has 0 saturated heterocycles. The molecule has 2 nitrogen and oxygen atoms in total. The number of aromatic nitrogens is 2. The summed E-state index contributed by atoms with van der Waals surface area (Å²) in [5, 5.41) is 5.82. The van der Waals surface area contributed by atoms with E-state index in [-0.39, 0.29) is 10.9 Å². The molecule has 1 heterocycles. The van der Waals surface area contributed by atoms with Gasteiger partial charge in [0.2, 0.25) is 0 Å². The van der Waals surface area contributed by atoms with Gasteiger partial charge in [-0.05, 0) is 0 Å². The molecule has 14 heavy (non-hydrogen) atoms. The molecule has 0 saturated carbocycles. The minimum absolute atomic E-state index is 0.0548. The maximum absolute atomic E-state index is 13.1. The van der Waals surface area contributed by atoms with Crippen molar-refractivity contribution in [3.63, 3.8) is 0 Å². The van der Waals surface area contributed by atoms with Crippen molar-refractivity contribution < 1.29 is 17.3 Å². The lowest BCUT2D eigenvalue weighted by Gasteiger charge is -2.14. The van der Waals surface area contributed by atoms with Crippen LogP contribution in [0.1, 0.15) is 0 Å². The molecule has 0 atom stereocenters. The van der Waals surface area contributed by atoms with Crippen LogP contribution < -0.4 is 5.46 Å². The first-order chi connectivity index (χ1) is 6.48.